The molecule has 1 N–H and O–H groups in total. The van der Waals surface area contributed by atoms with E-state index in [1.54, 1.807) is 26.0 Å². The fourth-order valence-electron chi connectivity index (χ4n) is 2.22. The van der Waals surface area contributed by atoms with E-state index in [9.17, 15) is 9.59 Å². The zero-order valence-corrected chi connectivity index (χ0v) is 14.3. The fraction of sp³-hybridized carbons (Fsp3) is 0.250. The number of aromatic nitrogens is 1. The Morgan fingerprint density at radius 3 is 2.48 bits per heavy atom. The Morgan fingerprint density at radius 1 is 1.17 bits per heavy atom. The van der Waals surface area contributed by atoms with Crippen LogP contribution in [0, 0.1) is 13.8 Å². The van der Waals surface area contributed by atoms with Crippen LogP contribution in [-0.4, -0.2) is 30.5 Å². The highest BCUT2D eigenvalue weighted by atomic mass is 35.5. The highest BCUT2D eigenvalue weighted by molar-refractivity contribution is 6.42. The number of ether oxygens (including phenoxy) is 2. The first-order valence-corrected chi connectivity index (χ1v) is 7.49. The van der Waals surface area contributed by atoms with Crippen LogP contribution in [0.25, 0.3) is 0 Å². The molecule has 1 aromatic heterocycles. The van der Waals surface area contributed by atoms with Crippen LogP contribution in [-0.2, 0) is 4.74 Å². The monoisotopic (exact) mass is 355 g/mol. The highest BCUT2D eigenvalue weighted by Gasteiger charge is 2.22. The van der Waals surface area contributed by atoms with Crippen molar-refractivity contribution in [2.45, 2.75) is 13.8 Å². The molecule has 2 rings (SSSR count). The standard InChI is InChI=1S/C16H15Cl2NO4/c1-8-14(16(21)22-3)9(2)19-15(8)13(20)7-23-10-4-5-11(17)12(18)6-10/h4-6,19H,7H2,1-3H3. The van der Waals surface area contributed by atoms with Crippen molar-refractivity contribution in [2.75, 3.05) is 13.7 Å². The van der Waals surface area contributed by atoms with Crippen molar-refractivity contribution in [3.05, 3.63) is 50.8 Å². The number of nitrogens with one attached hydrogen (secondary N) is 1. The second-order valence-corrected chi connectivity index (χ2v) is 5.72. The Hall–Kier alpha value is -1.98. The lowest BCUT2D eigenvalue weighted by Crippen LogP contribution is -2.13. The van der Waals surface area contributed by atoms with Gasteiger partial charge in [-0.25, -0.2) is 4.79 Å². The van der Waals surface area contributed by atoms with Crippen LogP contribution in [0.1, 0.15) is 32.1 Å². The second-order valence-electron chi connectivity index (χ2n) is 4.90. The molecular formula is C16H15Cl2NO4. The van der Waals surface area contributed by atoms with Gasteiger partial charge in [-0.2, -0.15) is 0 Å². The Balaban J connectivity index is 2.15. The summed E-state index contributed by atoms with van der Waals surface area (Å²) in [4.78, 5) is 26.9. The minimum atomic E-state index is -0.485. The SMILES string of the molecule is COC(=O)c1c(C)[nH]c(C(=O)COc2ccc(Cl)c(Cl)c2)c1C. The molecule has 0 saturated carbocycles. The molecule has 5 nitrogen and oxygen atoms in total. The van der Waals surface area contributed by atoms with Crippen molar-refractivity contribution in [1.82, 2.24) is 4.98 Å². The third kappa shape index (κ3) is 3.68. The van der Waals surface area contributed by atoms with Crippen molar-refractivity contribution in [1.29, 1.82) is 0 Å². The molecule has 0 radical (unpaired) electrons. The maximum absolute atomic E-state index is 12.3. The molecule has 1 aromatic carbocycles. The number of ketones is 1. The van der Waals surface area contributed by atoms with Gasteiger partial charge in [0, 0.05) is 11.8 Å². The summed E-state index contributed by atoms with van der Waals surface area (Å²) in [6.07, 6.45) is 0. The maximum Gasteiger partial charge on any atom is 0.339 e. The number of carbonyl (C=O) groups is 2. The molecular weight excluding hydrogens is 341 g/mol. The van der Waals surface area contributed by atoms with Crippen molar-refractivity contribution >= 4 is 35.0 Å². The molecule has 7 heteroatoms. The largest absolute Gasteiger partial charge is 0.485 e. The van der Waals surface area contributed by atoms with Gasteiger partial charge in [0.25, 0.3) is 0 Å². The minimum absolute atomic E-state index is 0.195. The number of Topliss-reactive ketones (excluding diaryl/α,β-unsaturated/α-hetero) is 1. The van der Waals surface area contributed by atoms with Crippen molar-refractivity contribution in [2.24, 2.45) is 0 Å². The first-order chi connectivity index (χ1) is 10.8. The third-order valence-corrected chi connectivity index (χ3v) is 4.11. The summed E-state index contributed by atoms with van der Waals surface area (Å²) in [7, 11) is 1.29. The van der Waals surface area contributed by atoms with Gasteiger partial charge in [0.05, 0.1) is 28.4 Å². The fourth-order valence-corrected chi connectivity index (χ4v) is 2.51. The number of H-pyrrole nitrogens is 1. The van der Waals surface area contributed by atoms with Gasteiger partial charge in [-0.15, -0.1) is 0 Å². The van der Waals surface area contributed by atoms with E-state index in [0.717, 1.165) is 0 Å². The van der Waals surface area contributed by atoms with Crippen molar-refractivity contribution in [3.63, 3.8) is 0 Å². The van der Waals surface area contributed by atoms with Crippen LogP contribution in [0.5, 0.6) is 5.75 Å². The molecule has 0 amide bonds. The molecule has 0 aliphatic carbocycles. The number of halogens is 2. The number of aryl methyl sites for hydroxylation is 1. The Kier molecular flexibility index (Phi) is 5.34. The van der Waals surface area contributed by atoms with Crippen molar-refractivity contribution in [3.8, 4) is 5.75 Å². The number of aromatic amines is 1. The lowest BCUT2D eigenvalue weighted by atomic mass is 10.1. The second kappa shape index (κ2) is 7.06. The van der Waals surface area contributed by atoms with Crippen LogP contribution >= 0.6 is 23.2 Å². The van der Waals surface area contributed by atoms with Gasteiger partial charge in [-0.1, -0.05) is 23.2 Å². The third-order valence-electron chi connectivity index (χ3n) is 3.37. The molecule has 0 aliphatic heterocycles. The summed E-state index contributed by atoms with van der Waals surface area (Å²) in [5, 5.41) is 0.750. The Morgan fingerprint density at radius 2 is 1.87 bits per heavy atom. The normalized spacial score (nSPS) is 10.5. The van der Waals surface area contributed by atoms with Gasteiger partial charge in [-0.05, 0) is 31.5 Å². The number of methoxy groups -OCH3 is 1. The van der Waals surface area contributed by atoms with E-state index in [0.29, 0.717) is 38.3 Å². The van der Waals surface area contributed by atoms with Gasteiger partial charge in [0.2, 0.25) is 5.78 Å². The van der Waals surface area contributed by atoms with Gasteiger partial charge >= 0.3 is 5.97 Å². The van der Waals surface area contributed by atoms with E-state index >= 15 is 0 Å². The zero-order chi connectivity index (χ0) is 17.1. The van der Waals surface area contributed by atoms with Gasteiger partial charge < -0.3 is 14.5 Å². The Labute approximate surface area is 143 Å². The predicted molar refractivity (Wildman–Crippen MR) is 87.9 cm³/mol. The molecule has 23 heavy (non-hydrogen) atoms. The molecule has 0 aliphatic rings. The summed E-state index contributed by atoms with van der Waals surface area (Å²) in [5.41, 5.74) is 1.80. The average Bonchev–Trinajstić information content (AvgIpc) is 2.82. The first-order valence-electron chi connectivity index (χ1n) is 6.73. The van der Waals surface area contributed by atoms with Gasteiger partial charge in [0.15, 0.2) is 6.61 Å². The molecule has 122 valence electrons. The van der Waals surface area contributed by atoms with Crippen LogP contribution in [0.3, 0.4) is 0 Å². The van der Waals surface area contributed by atoms with Gasteiger partial charge in [0.1, 0.15) is 5.75 Å². The molecule has 0 fully saturated rings. The van der Waals surface area contributed by atoms with E-state index in [2.05, 4.69) is 4.98 Å². The van der Waals surface area contributed by atoms with E-state index in [1.165, 1.54) is 13.2 Å². The first kappa shape index (κ1) is 17.4. The number of hydrogen-bond acceptors (Lipinski definition) is 4. The summed E-state index contributed by atoms with van der Waals surface area (Å²) in [5.74, 6) is -0.339. The van der Waals surface area contributed by atoms with Crippen molar-refractivity contribution < 1.29 is 19.1 Å². The lowest BCUT2D eigenvalue weighted by Gasteiger charge is -2.06. The summed E-state index contributed by atoms with van der Waals surface area (Å²) in [6.45, 7) is 3.19. The lowest BCUT2D eigenvalue weighted by molar-refractivity contribution is 0.0599. The van der Waals surface area contributed by atoms with Gasteiger partial charge in [-0.3, -0.25) is 4.79 Å². The molecule has 2 aromatic rings. The zero-order valence-electron chi connectivity index (χ0n) is 12.8. The molecule has 0 unspecified atom stereocenters. The number of hydrogen-bond donors (Lipinski definition) is 1. The number of carbonyl (C=O) groups excluding carboxylic acids is 2. The molecule has 1 heterocycles. The van der Waals surface area contributed by atoms with Crippen LogP contribution in [0.15, 0.2) is 18.2 Å². The Bertz CT molecular complexity index is 768. The molecule has 0 bridgehead atoms. The summed E-state index contributed by atoms with van der Waals surface area (Å²) >= 11 is 11.7. The van der Waals surface area contributed by atoms with Crippen LogP contribution < -0.4 is 4.74 Å². The molecule has 0 spiro atoms. The summed E-state index contributed by atoms with van der Waals surface area (Å²) in [6, 6.07) is 4.74. The van der Waals surface area contributed by atoms with E-state index < -0.39 is 5.97 Å². The topological polar surface area (TPSA) is 68.4 Å². The molecule has 0 atom stereocenters. The maximum atomic E-state index is 12.3. The van der Waals surface area contributed by atoms with E-state index in [1.807, 2.05) is 0 Å². The number of esters is 1. The molecule has 0 saturated heterocycles. The number of rotatable bonds is 5. The number of benzene rings is 1. The van der Waals surface area contributed by atoms with E-state index in [4.69, 9.17) is 32.7 Å². The van der Waals surface area contributed by atoms with E-state index in [-0.39, 0.29) is 12.4 Å². The predicted octanol–water partition coefficient (Wildman–Crippen LogP) is 3.99. The minimum Gasteiger partial charge on any atom is -0.485 e. The quantitative estimate of drug-likeness (QED) is 0.650. The summed E-state index contributed by atoms with van der Waals surface area (Å²) < 4.78 is 10.1. The average molecular weight is 356 g/mol. The van der Waals surface area contributed by atoms with Crippen LogP contribution in [0.2, 0.25) is 10.0 Å². The van der Waals surface area contributed by atoms with Crippen LogP contribution in [0.4, 0.5) is 0 Å². The smallest absolute Gasteiger partial charge is 0.339 e. The highest BCUT2D eigenvalue weighted by Crippen LogP contribution is 2.26.